The van der Waals surface area contributed by atoms with Gasteiger partial charge in [-0.25, -0.2) is 0 Å². The first kappa shape index (κ1) is 21.5. The molecule has 33 heavy (non-hydrogen) atoms. The maximum Gasteiger partial charge on any atom is 0.272 e. The van der Waals surface area contributed by atoms with Crippen LogP contribution in [-0.2, 0) is 24.7 Å². The van der Waals surface area contributed by atoms with Gasteiger partial charge in [-0.2, -0.15) is 5.10 Å². The van der Waals surface area contributed by atoms with Crippen LogP contribution in [0.25, 0.3) is 6.08 Å². The van der Waals surface area contributed by atoms with Crippen LogP contribution >= 0.6 is 11.8 Å². The van der Waals surface area contributed by atoms with Gasteiger partial charge in [0.1, 0.15) is 11.7 Å². The van der Waals surface area contributed by atoms with E-state index in [1.165, 1.54) is 11.1 Å². The summed E-state index contributed by atoms with van der Waals surface area (Å²) < 4.78 is 1.73. The van der Waals surface area contributed by atoms with Crippen LogP contribution in [0.4, 0.5) is 5.69 Å². The second-order valence-electron chi connectivity index (χ2n) is 8.67. The van der Waals surface area contributed by atoms with E-state index in [1.807, 2.05) is 7.05 Å². The summed E-state index contributed by atoms with van der Waals surface area (Å²) in [5.74, 6) is 0.0359. The molecule has 3 aromatic rings. The molecule has 6 nitrogen and oxygen atoms in total. The summed E-state index contributed by atoms with van der Waals surface area (Å²) in [6.07, 6.45) is 5.84. The van der Waals surface area contributed by atoms with Gasteiger partial charge >= 0.3 is 0 Å². The van der Waals surface area contributed by atoms with Gasteiger partial charge in [-0.05, 0) is 48.2 Å². The first-order valence-corrected chi connectivity index (χ1v) is 12.0. The number of nitrogens with zero attached hydrogens (tertiary/aromatic N) is 3. The quantitative estimate of drug-likeness (QED) is 0.647. The number of aryl methyl sites for hydroxylation is 2. The van der Waals surface area contributed by atoms with Crippen LogP contribution in [0.15, 0.2) is 53.4 Å². The first-order valence-electron chi connectivity index (χ1n) is 11.0. The number of benzene rings is 2. The van der Waals surface area contributed by atoms with E-state index in [-0.39, 0.29) is 11.8 Å². The van der Waals surface area contributed by atoms with E-state index < -0.39 is 6.04 Å². The van der Waals surface area contributed by atoms with Gasteiger partial charge in [0.05, 0.1) is 5.69 Å². The average molecular weight is 459 g/mol. The van der Waals surface area contributed by atoms with Crippen molar-refractivity contribution < 1.29 is 9.59 Å². The zero-order valence-corrected chi connectivity index (χ0v) is 19.8. The number of aromatic nitrogens is 2. The van der Waals surface area contributed by atoms with Crippen LogP contribution in [0, 0.1) is 6.92 Å². The Morgan fingerprint density at radius 3 is 2.76 bits per heavy atom. The Bertz CT molecular complexity index is 1280. The standard InChI is InChI=1S/C26H26N4O2S/c1-16-7-9-17(10-8-16)11-20-14-21(28-30(20)3)25(31)27-22-15-33-24-13-19-6-4-5-18(19)12-23(24)29(2)26(22)32/h4-5,7-10,12-14,22H,6,11,15H2,1-3H3,(H,27,31)/t22-/m0/s1. The van der Waals surface area contributed by atoms with Crippen LogP contribution < -0.4 is 10.2 Å². The third-order valence-corrected chi connectivity index (χ3v) is 7.41. The number of amides is 2. The lowest BCUT2D eigenvalue weighted by Crippen LogP contribution is -2.48. The van der Waals surface area contributed by atoms with Crippen LogP contribution in [0.1, 0.15) is 38.4 Å². The zero-order valence-electron chi connectivity index (χ0n) is 19.0. The van der Waals surface area contributed by atoms with E-state index in [2.05, 4.69) is 65.9 Å². The molecule has 0 saturated heterocycles. The fourth-order valence-corrected chi connectivity index (χ4v) is 5.42. The summed E-state index contributed by atoms with van der Waals surface area (Å²) in [4.78, 5) is 28.9. The predicted molar refractivity (Wildman–Crippen MR) is 132 cm³/mol. The Morgan fingerprint density at radius 1 is 1.18 bits per heavy atom. The molecule has 0 unspecified atom stereocenters. The molecule has 2 amide bonds. The Hall–Kier alpha value is -3.32. The fraction of sp³-hybridized carbons (Fsp3) is 0.269. The fourth-order valence-electron chi connectivity index (χ4n) is 4.28. The highest BCUT2D eigenvalue weighted by Crippen LogP contribution is 2.38. The number of nitrogens with one attached hydrogen (secondary N) is 1. The van der Waals surface area contributed by atoms with Crippen molar-refractivity contribution in [3.8, 4) is 0 Å². The van der Waals surface area contributed by atoms with Crippen LogP contribution in [-0.4, -0.2) is 40.4 Å². The number of fused-ring (bicyclic) bond motifs is 2. The molecule has 0 fully saturated rings. The average Bonchev–Trinajstić information content (AvgIpc) is 3.39. The van der Waals surface area contributed by atoms with E-state index >= 15 is 0 Å². The van der Waals surface area contributed by atoms with Gasteiger partial charge in [-0.3, -0.25) is 14.3 Å². The molecule has 1 N–H and O–H groups in total. The van der Waals surface area contributed by atoms with Crippen LogP contribution in [0.3, 0.4) is 0 Å². The summed E-state index contributed by atoms with van der Waals surface area (Å²) in [6, 6.07) is 13.7. The third-order valence-electron chi connectivity index (χ3n) is 6.27. The normalized spacial score (nSPS) is 17.0. The van der Waals surface area contributed by atoms with E-state index in [1.54, 1.807) is 34.5 Å². The maximum atomic E-state index is 13.2. The first-order chi connectivity index (χ1) is 15.9. The van der Waals surface area contributed by atoms with E-state index in [0.29, 0.717) is 17.9 Å². The van der Waals surface area contributed by atoms with Crippen molar-refractivity contribution in [3.63, 3.8) is 0 Å². The summed E-state index contributed by atoms with van der Waals surface area (Å²) >= 11 is 1.61. The minimum Gasteiger partial charge on any atom is -0.338 e. The second-order valence-corrected chi connectivity index (χ2v) is 9.73. The number of hydrogen-bond acceptors (Lipinski definition) is 4. The number of allylic oxidation sites excluding steroid dienone is 1. The van der Waals surface area contributed by atoms with Crippen molar-refractivity contribution in [1.29, 1.82) is 0 Å². The maximum absolute atomic E-state index is 13.2. The molecule has 0 saturated carbocycles. The second kappa shape index (κ2) is 8.56. The molecular weight excluding hydrogens is 432 g/mol. The van der Waals surface area contributed by atoms with E-state index in [0.717, 1.165) is 33.8 Å². The van der Waals surface area contributed by atoms with Gasteiger partial charge in [0.15, 0.2) is 0 Å². The van der Waals surface area contributed by atoms with Crippen molar-refractivity contribution in [1.82, 2.24) is 15.1 Å². The van der Waals surface area contributed by atoms with E-state index in [4.69, 9.17) is 0 Å². The minimum atomic E-state index is -0.618. The Labute approximate surface area is 197 Å². The largest absolute Gasteiger partial charge is 0.338 e. The number of thioether (sulfide) groups is 1. The van der Waals surface area contributed by atoms with E-state index in [9.17, 15) is 9.59 Å². The highest BCUT2D eigenvalue weighted by atomic mass is 32.2. The molecule has 2 heterocycles. The molecule has 1 aromatic heterocycles. The molecule has 0 spiro atoms. The lowest BCUT2D eigenvalue weighted by Gasteiger charge is -2.22. The van der Waals surface area contributed by atoms with Crippen molar-refractivity contribution in [2.75, 3.05) is 17.7 Å². The van der Waals surface area contributed by atoms with Crippen molar-refractivity contribution in [2.45, 2.75) is 30.7 Å². The molecule has 1 aliphatic heterocycles. The number of anilines is 1. The van der Waals surface area contributed by atoms with Crippen molar-refractivity contribution >= 4 is 35.3 Å². The van der Waals surface area contributed by atoms with Gasteiger partial charge in [0.25, 0.3) is 5.91 Å². The van der Waals surface area contributed by atoms with Gasteiger partial charge in [0.2, 0.25) is 5.91 Å². The Kier molecular flexibility index (Phi) is 5.58. The predicted octanol–water partition coefficient (Wildman–Crippen LogP) is 3.76. The molecule has 1 atom stereocenters. The zero-order chi connectivity index (χ0) is 23.1. The lowest BCUT2D eigenvalue weighted by atomic mass is 10.1. The molecule has 5 rings (SSSR count). The van der Waals surface area contributed by atoms with Crippen molar-refractivity contribution in [2.24, 2.45) is 7.05 Å². The van der Waals surface area contributed by atoms with Crippen LogP contribution in [0.2, 0.25) is 0 Å². The summed E-state index contributed by atoms with van der Waals surface area (Å²) in [7, 11) is 3.61. The number of rotatable bonds is 4. The smallest absolute Gasteiger partial charge is 0.272 e. The summed E-state index contributed by atoms with van der Waals surface area (Å²) in [5, 5.41) is 7.32. The molecule has 2 aromatic carbocycles. The summed E-state index contributed by atoms with van der Waals surface area (Å²) in [5.41, 5.74) is 6.97. The third kappa shape index (κ3) is 4.20. The molecule has 1 aliphatic carbocycles. The Balaban J connectivity index is 1.31. The van der Waals surface area contributed by atoms with Gasteiger partial charge in [-0.15, -0.1) is 11.8 Å². The van der Waals surface area contributed by atoms with Gasteiger partial charge < -0.3 is 10.2 Å². The van der Waals surface area contributed by atoms with Crippen molar-refractivity contribution in [3.05, 3.63) is 82.2 Å². The SMILES string of the molecule is Cc1ccc(Cc2cc(C(=O)N[C@H]3CSc4cc5c(cc4N(C)C3=O)C=CC5)nn2C)cc1. The molecular formula is C26H26N4O2S. The highest BCUT2D eigenvalue weighted by Gasteiger charge is 2.31. The van der Waals surface area contributed by atoms with Gasteiger partial charge in [-0.1, -0.05) is 42.0 Å². The molecule has 168 valence electrons. The molecule has 2 aliphatic rings. The molecule has 0 bridgehead atoms. The van der Waals surface area contributed by atoms with Crippen LogP contribution in [0.5, 0.6) is 0 Å². The topological polar surface area (TPSA) is 67.2 Å². The monoisotopic (exact) mass is 458 g/mol. The number of hydrogen-bond donors (Lipinski definition) is 1. The van der Waals surface area contributed by atoms with Gasteiger partial charge in [0, 0.05) is 36.9 Å². The number of carbonyl (C=O) groups is 2. The minimum absolute atomic E-state index is 0.118. The lowest BCUT2D eigenvalue weighted by molar-refractivity contribution is -0.119. The number of carbonyl (C=O) groups excluding carboxylic acids is 2. The Morgan fingerprint density at radius 2 is 1.97 bits per heavy atom. The number of likely N-dealkylation sites (N-methyl/N-ethyl adjacent to an activating group) is 1. The molecule has 0 radical (unpaired) electrons. The molecule has 7 heteroatoms. The highest BCUT2D eigenvalue weighted by molar-refractivity contribution is 7.99. The summed E-state index contributed by atoms with van der Waals surface area (Å²) in [6.45, 7) is 2.06.